The zero-order chi connectivity index (χ0) is 20.3. The number of hydrogen-bond acceptors (Lipinski definition) is 5. The Morgan fingerprint density at radius 1 is 1.18 bits per heavy atom. The SMILES string of the molecule is COc1cc2c(cc1OC)CN(C(=O)C(C)(C)C(=O)NCc1ccco1)CC2. The van der Waals surface area contributed by atoms with Gasteiger partial charge in [0.05, 0.1) is 27.0 Å². The average Bonchev–Trinajstić information content (AvgIpc) is 3.23. The Morgan fingerprint density at radius 3 is 2.46 bits per heavy atom. The molecule has 0 bridgehead atoms. The number of benzene rings is 1. The van der Waals surface area contributed by atoms with Crippen molar-refractivity contribution < 1.29 is 23.5 Å². The van der Waals surface area contributed by atoms with Crippen molar-refractivity contribution in [3.8, 4) is 11.5 Å². The van der Waals surface area contributed by atoms with E-state index >= 15 is 0 Å². The van der Waals surface area contributed by atoms with Crippen LogP contribution in [0.15, 0.2) is 34.9 Å². The average molecular weight is 386 g/mol. The summed E-state index contributed by atoms with van der Waals surface area (Å²) < 4.78 is 15.9. The molecule has 2 heterocycles. The van der Waals surface area contributed by atoms with Crippen LogP contribution in [0, 0.1) is 5.41 Å². The van der Waals surface area contributed by atoms with Crippen LogP contribution in [-0.4, -0.2) is 37.5 Å². The summed E-state index contributed by atoms with van der Waals surface area (Å²) in [5, 5.41) is 2.78. The maximum atomic E-state index is 13.1. The van der Waals surface area contributed by atoms with Crippen molar-refractivity contribution in [3.63, 3.8) is 0 Å². The summed E-state index contributed by atoms with van der Waals surface area (Å²) in [4.78, 5) is 27.5. The highest BCUT2D eigenvalue weighted by Crippen LogP contribution is 2.34. The number of furan rings is 1. The molecule has 0 aliphatic carbocycles. The van der Waals surface area contributed by atoms with Gasteiger partial charge in [-0.1, -0.05) is 0 Å². The highest BCUT2D eigenvalue weighted by atomic mass is 16.5. The third-order valence-electron chi connectivity index (χ3n) is 5.11. The second-order valence-corrected chi connectivity index (χ2v) is 7.34. The molecule has 0 spiro atoms. The van der Waals surface area contributed by atoms with Gasteiger partial charge in [-0.3, -0.25) is 9.59 Å². The number of hydrogen-bond donors (Lipinski definition) is 1. The van der Waals surface area contributed by atoms with Gasteiger partial charge in [0.1, 0.15) is 11.2 Å². The van der Waals surface area contributed by atoms with Gasteiger partial charge >= 0.3 is 0 Å². The molecule has 0 saturated heterocycles. The molecule has 0 fully saturated rings. The number of rotatable bonds is 6. The van der Waals surface area contributed by atoms with Crippen LogP contribution in [0.4, 0.5) is 0 Å². The van der Waals surface area contributed by atoms with Crippen LogP contribution in [0.5, 0.6) is 11.5 Å². The van der Waals surface area contributed by atoms with Crippen molar-refractivity contribution in [2.45, 2.75) is 33.4 Å². The number of nitrogens with zero attached hydrogens (tertiary/aromatic N) is 1. The summed E-state index contributed by atoms with van der Waals surface area (Å²) in [5.74, 6) is 1.42. The molecule has 1 aromatic carbocycles. The molecule has 1 N–H and O–H groups in total. The Hall–Kier alpha value is -2.96. The minimum atomic E-state index is -1.18. The first kappa shape index (κ1) is 19.8. The summed E-state index contributed by atoms with van der Waals surface area (Å²) in [7, 11) is 3.19. The van der Waals surface area contributed by atoms with Gasteiger partial charge in [-0.25, -0.2) is 0 Å². The van der Waals surface area contributed by atoms with Crippen molar-refractivity contribution in [1.29, 1.82) is 0 Å². The lowest BCUT2D eigenvalue weighted by Gasteiger charge is -2.34. The smallest absolute Gasteiger partial charge is 0.238 e. The highest BCUT2D eigenvalue weighted by Gasteiger charge is 2.40. The zero-order valence-corrected chi connectivity index (χ0v) is 16.7. The normalized spacial score (nSPS) is 13.6. The van der Waals surface area contributed by atoms with Gasteiger partial charge < -0.3 is 24.1 Å². The van der Waals surface area contributed by atoms with E-state index in [0.717, 1.165) is 11.1 Å². The van der Waals surface area contributed by atoms with Crippen LogP contribution in [0.1, 0.15) is 30.7 Å². The maximum Gasteiger partial charge on any atom is 0.238 e. The molecule has 0 radical (unpaired) electrons. The summed E-state index contributed by atoms with van der Waals surface area (Å²) in [6, 6.07) is 7.39. The first-order valence-electron chi connectivity index (χ1n) is 9.20. The number of carbonyl (C=O) groups excluding carboxylic acids is 2. The van der Waals surface area contributed by atoms with Gasteiger partial charge in [0.2, 0.25) is 11.8 Å². The standard InChI is InChI=1S/C21H26N2O5/c1-21(2,19(24)22-12-16-6-5-9-28-16)20(25)23-8-7-14-10-17(26-3)18(27-4)11-15(14)13-23/h5-6,9-11H,7-8,12-13H2,1-4H3,(H,22,24). The van der Waals surface area contributed by atoms with Gasteiger partial charge in [-0.05, 0) is 55.7 Å². The molecular formula is C21H26N2O5. The number of fused-ring (bicyclic) bond motifs is 1. The first-order valence-corrected chi connectivity index (χ1v) is 9.20. The lowest BCUT2D eigenvalue weighted by atomic mass is 9.88. The van der Waals surface area contributed by atoms with E-state index in [9.17, 15) is 9.59 Å². The number of methoxy groups -OCH3 is 2. The van der Waals surface area contributed by atoms with Crippen LogP contribution in [0.3, 0.4) is 0 Å². The number of nitrogens with one attached hydrogen (secondary N) is 1. The molecule has 1 aromatic heterocycles. The molecular weight excluding hydrogens is 360 g/mol. The quantitative estimate of drug-likeness (QED) is 0.772. The summed E-state index contributed by atoms with van der Waals surface area (Å²) in [5.41, 5.74) is 0.950. The van der Waals surface area contributed by atoms with Gasteiger partial charge in [0.25, 0.3) is 0 Å². The van der Waals surface area contributed by atoms with Gasteiger partial charge in [-0.2, -0.15) is 0 Å². The van der Waals surface area contributed by atoms with Crippen LogP contribution in [-0.2, 0) is 29.1 Å². The van der Waals surface area contributed by atoms with Crippen molar-refractivity contribution in [2.24, 2.45) is 5.41 Å². The number of carbonyl (C=O) groups is 2. The Labute approximate surface area is 164 Å². The van der Waals surface area contributed by atoms with E-state index in [1.54, 1.807) is 51.4 Å². The number of amides is 2. The van der Waals surface area contributed by atoms with E-state index in [1.807, 2.05) is 12.1 Å². The Morgan fingerprint density at radius 2 is 1.86 bits per heavy atom. The predicted octanol–water partition coefficient (Wildman–Crippen LogP) is 2.52. The lowest BCUT2D eigenvalue weighted by molar-refractivity contribution is -0.149. The first-order chi connectivity index (χ1) is 13.4. The fourth-order valence-electron chi connectivity index (χ4n) is 3.35. The molecule has 0 unspecified atom stereocenters. The summed E-state index contributed by atoms with van der Waals surface area (Å²) in [6.45, 7) is 4.54. The van der Waals surface area contributed by atoms with Crippen LogP contribution in [0.2, 0.25) is 0 Å². The Balaban J connectivity index is 1.71. The minimum absolute atomic E-state index is 0.204. The van der Waals surface area contributed by atoms with E-state index in [1.165, 1.54) is 0 Å². The largest absolute Gasteiger partial charge is 0.493 e. The van der Waals surface area contributed by atoms with Gasteiger partial charge in [0.15, 0.2) is 11.5 Å². The van der Waals surface area contributed by atoms with Crippen molar-refractivity contribution in [2.75, 3.05) is 20.8 Å². The maximum absolute atomic E-state index is 13.1. The molecule has 3 rings (SSSR count). The topological polar surface area (TPSA) is 81.0 Å². The van der Waals surface area contributed by atoms with Gasteiger partial charge in [-0.15, -0.1) is 0 Å². The predicted molar refractivity (Wildman–Crippen MR) is 103 cm³/mol. The monoisotopic (exact) mass is 386 g/mol. The fourth-order valence-corrected chi connectivity index (χ4v) is 3.35. The van der Waals surface area contributed by atoms with E-state index in [-0.39, 0.29) is 18.4 Å². The van der Waals surface area contributed by atoms with Crippen LogP contribution < -0.4 is 14.8 Å². The Kier molecular flexibility index (Phi) is 5.63. The zero-order valence-electron chi connectivity index (χ0n) is 16.7. The molecule has 28 heavy (non-hydrogen) atoms. The molecule has 7 heteroatoms. The summed E-state index contributed by atoms with van der Waals surface area (Å²) >= 11 is 0. The van der Waals surface area contributed by atoms with Crippen molar-refractivity contribution >= 4 is 11.8 Å². The summed E-state index contributed by atoms with van der Waals surface area (Å²) in [6.07, 6.45) is 2.25. The lowest BCUT2D eigenvalue weighted by Crippen LogP contribution is -2.50. The molecule has 2 aromatic rings. The molecule has 0 saturated carbocycles. The van der Waals surface area contributed by atoms with Gasteiger partial charge in [0, 0.05) is 13.1 Å². The van der Waals surface area contributed by atoms with Crippen molar-refractivity contribution in [3.05, 3.63) is 47.4 Å². The minimum Gasteiger partial charge on any atom is -0.493 e. The van der Waals surface area contributed by atoms with Crippen LogP contribution >= 0.6 is 0 Å². The third-order valence-corrected chi connectivity index (χ3v) is 5.11. The van der Waals surface area contributed by atoms with Crippen LogP contribution in [0.25, 0.3) is 0 Å². The molecule has 0 atom stereocenters. The molecule has 150 valence electrons. The van der Waals surface area contributed by atoms with E-state index < -0.39 is 5.41 Å². The van der Waals surface area contributed by atoms with E-state index in [0.29, 0.717) is 36.8 Å². The number of ether oxygens (including phenoxy) is 2. The Bertz CT molecular complexity index is 858. The second-order valence-electron chi connectivity index (χ2n) is 7.34. The fraction of sp³-hybridized carbons (Fsp3) is 0.429. The molecule has 1 aliphatic heterocycles. The van der Waals surface area contributed by atoms with E-state index in [2.05, 4.69) is 5.32 Å². The molecule has 7 nitrogen and oxygen atoms in total. The highest BCUT2D eigenvalue weighted by molar-refractivity contribution is 6.04. The second kappa shape index (κ2) is 7.96. The van der Waals surface area contributed by atoms with E-state index in [4.69, 9.17) is 13.9 Å². The third kappa shape index (κ3) is 3.83. The van der Waals surface area contributed by atoms with Crippen molar-refractivity contribution in [1.82, 2.24) is 10.2 Å². The molecule has 1 aliphatic rings. The molecule has 2 amide bonds.